The summed E-state index contributed by atoms with van der Waals surface area (Å²) >= 11 is 0. The van der Waals surface area contributed by atoms with Crippen LogP contribution < -0.4 is 5.32 Å². The van der Waals surface area contributed by atoms with E-state index in [9.17, 15) is 9.59 Å². The Kier molecular flexibility index (Phi) is 18.5. The highest BCUT2D eigenvalue weighted by Gasteiger charge is 1.99. The Morgan fingerprint density at radius 2 is 1.17 bits per heavy atom. The number of carbonyl (C=O) groups excluding carboxylic acids is 2. The van der Waals surface area contributed by atoms with Crippen LogP contribution in [0.4, 0.5) is 0 Å². The van der Waals surface area contributed by atoms with E-state index in [1.807, 2.05) is 0 Å². The molecule has 0 aromatic rings. The fourth-order valence-electron chi connectivity index (χ4n) is 2.83. The van der Waals surface area contributed by atoms with Crippen LogP contribution >= 0.6 is 0 Å². The van der Waals surface area contributed by atoms with E-state index in [-0.39, 0.29) is 5.91 Å². The third kappa shape index (κ3) is 19.1. The summed E-state index contributed by atoms with van der Waals surface area (Å²) in [5, 5.41) is 2.86. The normalized spacial score (nSPS) is 10.7. The zero-order chi connectivity index (χ0) is 17.0. The topological polar surface area (TPSA) is 46.2 Å². The lowest BCUT2D eigenvalue weighted by Crippen LogP contribution is -2.24. The van der Waals surface area contributed by atoms with Crippen molar-refractivity contribution in [1.82, 2.24) is 5.32 Å². The van der Waals surface area contributed by atoms with Crippen molar-refractivity contribution in [2.45, 2.75) is 110 Å². The molecule has 0 saturated carbocycles. The molecule has 3 heteroatoms. The van der Waals surface area contributed by atoms with E-state index in [1.54, 1.807) is 0 Å². The second-order valence-corrected chi connectivity index (χ2v) is 6.65. The summed E-state index contributed by atoms with van der Waals surface area (Å²) in [5.74, 6) is 0.00629. The van der Waals surface area contributed by atoms with E-state index in [0.29, 0.717) is 12.8 Å². The van der Waals surface area contributed by atoms with Gasteiger partial charge in [-0.1, -0.05) is 90.4 Å². The van der Waals surface area contributed by atoms with Crippen LogP contribution in [0.1, 0.15) is 110 Å². The molecule has 0 unspecified atom stereocenters. The molecule has 0 aliphatic rings. The molecule has 0 spiro atoms. The number of hydrogen-bond acceptors (Lipinski definition) is 2. The minimum absolute atomic E-state index is 0.00629. The maximum atomic E-state index is 11.3. The van der Waals surface area contributed by atoms with Crippen molar-refractivity contribution in [3.63, 3.8) is 0 Å². The monoisotopic (exact) mass is 325 g/mol. The van der Waals surface area contributed by atoms with Crippen molar-refractivity contribution >= 4 is 12.2 Å². The number of nitrogens with one attached hydrogen (secondary N) is 1. The molecule has 1 N–H and O–H groups in total. The Morgan fingerprint density at radius 3 is 1.61 bits per heavy atom. The van der Waals surface area contributed by atoms with Gasteiger partial charge in [-0.25, -0.2) is 0 Å². The zero-order valence-corrected chi connectivity index (χ0v) is 15.4. The van der Waals surface area contributed by atoms with Crippen LogP contribution in [0.15, 0.2) is 0 Å². The lowest BCUT2D eigenvalue weighted by molar-refractivity contribution is -0.122. The van der Waals surface area contributed by atoms with Crippen LogP contribution in [0, 0.1) is 0 Å². The van der Waals surface area contributed by atoms with Crippen molar-refractivity contribution in [2.24, 2.45) is 0 Å². The third-order valence-electron chi connectivity index (χ3n) is 4.34. The molecule has 0 saturated heterocycles. The van der Waals surface area contributed by atoms with E-state index in [4.69, 9.17) is 0 Å². The second-order valence-electron chi connectivity index (χ2n) is 6.65. The fraction of sp³-hybridized carbons (Fsp3) is 0.900. The highest BCUT2D eigenvalue weighted by atomic mass is 16.1. The highest BCUT2D eigenvalue weighted by Crippen LogP contribution is 2.12. The van der Waals surface area contributed by atoms with E-state index in [2.05, 4.69) is 12.2 Å². The van der Waals surface area contributed by atoms with Crippen molar-refractivity contribution in [3.05, 3.63) is 0 Å². The standard InChI is InChI=1S/C20H39NO2/c1-2-3-4-5-6-7-8-9-10-11-12-13-14-15-18-21-20(23)17-16-19-22/h19H,2-18H2,1H3,(H,21,23). The van der Waals surface area contributed by atoms with Crippen molar-refractivity contribution in [1.29, 1.82) is 0 Å². The molecule has 0 aromatic heterocycles. The lowest BCUT2D eigenvalue weighted by atomic mass is 10.0. The Balaban J connectivity index is 3.05. The van der Waals surface area contributed by atoms with Gasteiger partial charge in [0.25, 0.3) is 0 Å². The van der Waals surface area contributed by atoms with E-state index in [1.165, 1.54) is 83.5 Å². The maximum absolute atomic E-state index is 11.3. The molecule has 0 bridgehead atoms. The van der Waals surface area contributed by atoms with Gasteiger partial charge in [-0.15, -0.1) is 0 Å². The number of amides is 1. The number of rotatable bonds is 18. The molecule has 1 amide bonds. The predicted octanol–water partition coefficient (Wildman–Crippen LogP) is 5.56. The quantitative estimate of drug-likeness (QED) is 0.265. The van der Waals surface area contributed by atoms with Crippen LogP contribution in [0.25, 0.3) is 0 Å². The molecule has 0 atom stereocenters. The highest BCUT2D eigenvalue weighted by molar-refractivity contribution is 5.77. The summed E-state index contributed by atoms with van der Waals surface area (Å²) < 4.78 is 0. The molecule has 0 radical (unpaired) electrons. The van der Waals surface area contributed by atoms with Gasteiger partial charge in [-0.05, 0) is 6.42 Å². The Hall–Kier alpha value is -0.860. The summed E-state index contributed by atoms with van der Waals surface area (Å²) in [4.78, 5) is 21.4. The van der Waals surface area contributed by atoms with Crippen molar-refractivity contribution in [3.8, 4) is 0 Å². The van der Waals surface area contributed by atoms with Gasteiger partial charge in [-0.3, -0.25) is 4.79 Å². The smallest absolute Gasteiger partial charge is 0.220 e. The van der Waals surface area contributed by atoms with E-state index in [0.717, 1.165) is 19.3 Å². The maximum Gasteiger partial charge on any atom is 0.220 e. The van der Waals surface area contributed by atoms with Crippen molar-refractivity contribution < 1.29 is 9.59 Å². The summed E-state index contributed by atoms with van der Waals surface area (Å²) in [5.41, 5.74) is 0. The molecule has 0 heterocycles. The van der Waals surface area contributed by atoms with Gasteiger partial charge in [0.1, 0.15) is 6.29 Å². The van der Waals surface area contributed by atoms with Crippen LogP contribution in [0.3, 0.4) is 0 Å². The first-order chi connectivity index (χ1) is 11.3. The molecule has 23 heavy (non-hydrogen) atoms. The minimum Gasteiger partial charge on any atom is -0.356 e. The predicted molar refractivity (Wildman–Crippen MR) is 98.6 cm³/mol. The Labute approximate surface area is 144 Å². The third-order valence-corrected chi connectivity index (χ3v) is 4.34. The molecule has 0 fully saturated rings. The first kappa shape index (κ1) is 22.1. The Morgan fingerprint density at radius 1 is 0.739 bits per heavy atom. The largest absolute Gasteiger partial charge is 0.356 e. The molecule has 136 valence electrons. The van der Waals surface area contributed by atoms with E-state index < -0.39 is 0 Å². The SMILES string of the molecule is CCCCCCCCCCCCCCCCNC(=O)CCC=O. The number of hydrogen-bond donors (Lipinski definition) is 1. The summed E-state index contributed by atoms with van der Waals surface area (Å²) in [6.45, 7) is 3.03. The van der Waals surface area contributed by atoms with Gasteiger partial charge in [0, 0.05) is 19.4 Å². The van der Waals surface area contributed by atoms with Gasteiger partial charge < -0.3 is 10.1 Å². The van der Waals surface area contributed by atoms with E-state index >= 15 is 0 Å². The van der Waals surface area contributed by atoms with Gasteiger partial charge in [0.05, 0.1) is 0 Å². The van der Waals surface area contributed by atoms with Gasteiger partial charge in [0.2, 0.25) is 5.91 Å². The molecular weight excluding hydrogens is 286 g/mol. The first-order valence-corrected chi connectivity index (χ1v) is 10.0. The summed E-state index contributed by atoms with van der Waals surface area (Å²) in [6, 6.07) is 0. The molecule has 0 aliphatic heterocycles. The van der Waals surface area contributed by atoms with Gasteiger partial charge in [0.15, 0.2) is 0 Å². The zero-order valence-electron chi connectivity index (χ0n) is 15.4. The minimum atomic E-state index is 0.00629. The number of carbonyl (C=O) groups is 2. The molecule has 3 nitrogen and oxygen atoms in total. The van der Waals surface area contributed by atoms with Crippen LogP contribution in [-0.2, 0) is 9.59 Å². The van der Waals surface area contributed by atoms with Gasteiger partial charge in [-0.2, -0.15) is 0 Å². The average molecular weight is 326 g/mol. The molecule has 0 rings (SSSR count). The average Bonchev–Trinajstić information content (AvgIpc) is 2.56. The molecular formula is C20H39NO2. The van der Waals surface area contributed by atoms with Gasteiger partial charge >= 0.3 is 0 Å². The summed E-state index contributed by atoms with van der Waals surface area (Å²) in [6.07, 6.45) is 20.4. The molecule has 0 aliphatic carbocycles. The number of aldehydes is 1. The summed E-state index contributed by atoms with van der Waals surface area (Å²) in [7, 11) is 0. The molecule has 0 aromatic carbocycles. The number of unbranched alkanes of at least 4 members (excludes halogenated alkanes) is 13. The Bertz CT molecular complexity index is 266. The fourth-order valence-corrected chi connectivity index (χ4v) is 2.83. The first-order valence-electron chi connectivity index (χ1n) is 10.0. The van der Waals surface area contributed by atoms with Crippen molar-refractivity contribution in [2.75, 3.05) is 6.54 Å². The lowest BCUT2D eigenvalue weighted by Gasteiger charge is -2.04. The van der Waals surface area contributed by atoms with Crippen LogP contribution in [-0.4, -0.2) is 18.7 Å². The second kappa shape index (κ2) is 19.2. The van der Waals surface area contributed by atoms with Crippen LogP contribution in [0.5, 0.6) is 0 Å². The van der Waals surface area contributed by atoms with Crippen LogP contribution in [0.2, 0.25) is 0 Å².